The van der Waals surface area contributed by atoms with Gasteiger partial charge in [0.05, 0.1) is 10.0 Å². The van der Waals surface area contributed by atoms with E-state index in [0.29, 0.717) is 22.2 Å². The minimum absolute atomic E-state index is 0.248. The molecule has 1 aliphatic carbocycles. The zero-order chi connectivity index (χ0) is 14.5. The molecule has 0 atom stereocenters. The molecule has 0 bridgehead atoms. The van der Waals surface area contributed by atoms with Crippen molar-refractivity contribution in [1.29, 1.82) is 0 Å². The maximum atomic E-state index is 12.4. The highest BCUT2D eigenvalue weighted by molar-refractivity contribution is 6.42. The lowest BCUT2D eigenvalue weighted by Gasteiger charge is -2.27. The fraction of sp³-hybridized carbons (Fsp3) is 0.588. The predicted octanol–water partition coefficient (Wildman–Crippen LogP) is 5.71. The summed E-state index contributed by atoms with van der Waals surface area (Å²) in [4.78, 5) is 12.4. The Morgan fingerprint density at radius 3 is 2.45 bits per heavy atom. The van der Waals surface area contributed by atoms with Gasteiger partial charge in [0, 0.05) is 12.3 Å². The lowest BCUT2D eigenvalue weighted by atomic mass is 9.77. The van der Waals surface area contributed by atoms with Crippen LogP contribution < -0.4 is 0 Å². The molecular formula is C17H22Cl2O. The Morgan fingerprint density at radius 1 is 1.15 bits per heavy atom. The summed E-state index contributed by atoms with van der Waals surface area (Å²) in [5.74, 6) is 1.45. The zero-order valence-electron chi connectivity index (χ0n) is 12.0. The van der Waals surface area contributed by atoms with Crippen LogP contribution in [0.5, 0.6) is 0 Å². The summed E-state index contributed by atoms with van der Waals surface area (Å²) in [6, 6.07) is 5.48. The molecular weight excluding hydrogens is 291 g/mol. The maximum Gasteiger partial charge on any atom is 0.140 e. The van der Waals surface area contributed by atoms with E-state index in [1.165, 1.54) is 25.7 Å². The molecule has 0 saturated heterocycles. The molecule has 0 aliphatic heterocycles. The molecule has 1 nitrogen and oxygen atoms in total. The first-order valence-corrected chi connectivity index (χ1v) is 8.32. The summed E-state index contributed by atoms with van der Waals surface area (Å²) < 4.78 is 0. The summed E-state index contributed by atoms with van der Waals surface area (Å²) in [6.45, 7) is 2.24. The van der Waals surface area contributed by atoms with Gasteiger partial charge >= 0.3 is 0 Å². The third-order valence-corrected chi connectivity index (χ3v) is 5.10. The van der Waals surface area contributed by atoms with Crippen LogP contribution in [0.1, 0.15) is 51.0 Å². The average Bonchev–Trinajstić information content (AvgIpc) is 2.44. The Kier molecular flexibility index (Phi) is 5.92. The van der Waals surface area contributed by atoms with Crippen LogP contribution in [0.3, 0.4) is 0 Å². The summed E-state index contributed by atoms with van der Waals surface area (Å²) >= 11 is 11.9. The first kappa shape index (κ1) is 15.9. The molecule has 1 fully saturated rings. The first-order valence-electron chi connectivity index (χ1n) is 7.56. The van der Waals surface area contributed by atoms with Crippen LogP contribution in [0.25, 0.3) is 0 Å². The molecule has 1 aliphatic rings. The molecule has 0 amide bonds. The SMILES string of the molecule is CCCC1CCC(C(=O)Cc2ccc(Cl)c(Cl)c2)CC1. The molecule has 2 rings (SSSR count). The molecule has 3 heteroatoms. The molecule has 0 heterocycles. The number of hydrogen-bond acceptors (Lipinski definition) is 1. The van der Waals surface area contributed by atoms with E-state index < -0.39 is 0 Å². The molecule has 0 radical (unpaired) electrons. The number of rotatable bonds is 5. The monoisotopic (exact) mass is 312 g/mol. The summed E-state index contributed by atoms with van der Waals surface area (Å²) in [7, 11) is 0. The number of halogens is 2. The molecule has 110 valence electrons. The van der Waals surface area contributed by atoms with Gasteiger partial charge in [-0.1, -0.05) is 49.0 Å². The second kappa shape index (κ2) is 7.47. The lowest BCUT2D eigenvalue weighted by Crippen LogP contribution is -2.23. The second-order valence-corrected chi connectivity index (χ2v) is 6.71. The minimum Gasteiger partial charge on any atom is -0.299 e. The number of carbonyl (C=O) groups excluding carboxylic acids is 1. The molecule has 1 saturated carbocycles. The van der Waals surface area contributed by atoms with Gasteiger partial charge in [0.15, 0.2) is 0 Å². The molecule has 0 spiro atoms. The number of benzene rings is 1. The van der Waals surface area contributed by atoms with Crippen LogP contribution in [0.2, 0.25) is 10.0 Å². The van der Waals surface area contributed by atoms with Gasteiger partial charge in [-0.05, 0) is 49.3 Å². The van der Waals surface area contributed by atoms with Crippen LogP contribution in [-0.2, 0) is 11.2 Å². The highest BCUT2D eigenvalue weighted by atomic mass is 35.5. The van der Waals surface area contributed by atoms with Gasteiger partial charge in [0.1, 0.15) is 5.78 Å². The Hall–Kier alpha value is -0.530. The van der Waals surface area contributed by atoms with Crippen molar-refractivity contribution in [2.45, 2.75) is 51.9 Å². The number of carbonyl (C=O) groups is 1. The van der Waals surface area contributed by atoms with E-state index in [2.05, 4.69) is 6.92 Å². The van der Waals surface area contributed by atoms with E-state index in [1.807, 2.05) is 12.1 Å². The molecule has 1 aromatic rings. The maximum absolute atomic E-state index is 12.4. The zero-order valence-corrected chi connectivity index (χ0v) is 13.5. The fourth-order valence-corrected chi connectivity index (χ4v) is 3.50. The third-order valence-electron chi connectivity index (χ3n) is 4.36. The molecule has 1 aromatic carbocycles. The Morgan fingerprint density at radius 2 is 1.85 bits per heavy atom. The normalized spacial score (nSPS) is 22.8. The number of Topliss-reactive ketones (excluding diaryl/α,β-unsaturated/α-hetero) is 1. The molecule has 0 unspecified atom stereocenters. The Labute approximate surface area is 131 Å². The van der Waals surface area contributed by atoms with E-state index in [4.69, 9.17) is 23.2 Å². The largest absolute Gasteiger partial charge is 0.299 e. The van der Waals surface area contributed by atoms with Crippen molar-refractivity contribution in [3.05, 3.63) is 33.8 Å². The second-order valence-electron chi connectivity index (χ2n) is 5.90. The van der Waals surface area contributed by atoms with Gasteiger partial charge in [-0.25, -0.2) is 0 Å². The first-order chi connectivity index (χ1) is 9.60. The van der Waals surface area contributed by atoms with Crippen molar-refractivity contribution in [3.63, 3.8) is 0 Å². The van der Waals surface area contributed by atoms with Crippen LogP contribution >= 0.6 is 23.2 Å². The Balaban J connectivity index is 1.88. The smallest absolute Gasteiger partial charge is 0.140 e. The summed E-state index contributed by atoms with van der Waals surface area (Å²) in [6.07, 6.45) is 7.60. The number of hydrogen-bond donors (Lipinski definition) is 0. The highest BCUT2D eigenvalue weighted by Crippen LogP contribution is 2.33. The van der Waals surface area contributed by atoms with E-state index in [0.717, 1.165) is 24.3 Å². The van der Waals surface area contributed by atoms with Crippen LogP contribution in [0.4, 0.5) is 0 Å². The van der Waals surface area contributed by atoms with Gasteiger partial charge in [0.25, 0.3) is 0 Å². The molecule has 20 heavy (non-hydrogen) atoms. The van der Waals surface area contributed by atoms with Crippen molar-refractivity contribution in [1.82, 2.24) is 0 Å². The van der Waals surface area contributed by atoms with Crippen molar-refractivity contribution in [2.24, 2.45) is 11.8 Å². The standard InChI is InChI=1S/C17H22Cl2O/c1-2-3-12-4-7-14(8-5-12)17(20)11-13-6-9-15(18)16(19)10-13/h6,9-10,12,14H,2-5,7-8,11H2,1H3. The van der Waals surface area contributed by atoms with E-state index in [9.17, 15) is 4.79 Å². The van der Waals surface area contributed by atoms with Gasteiger partial charge < -0.3 is 0 Å². The lowest BCUT2D eigenvalue weighted by molar-refractivity contribution is -0.123. The van der Waals surface area contributed by atoms with Gasteiger partial charge in [-0.15, -0.1) is 0 Å². The van der Waals surface area contributed by atoms with Crippen molar-refractivity contribution in [2.75, 3.05) is 0 Å². The topological polar surface area (TPSA) is 17.1 Å². The van der Waals surface area contributed by atoms with Gasteiger partial charge in [0.2, 0.25) is 0 Å². The number of ketones is 1. The van der Waals surface area contributed by atoms with Gasteiger partial charge in [-0.2, -0.15) is 0 Å². The average molecular weight is 313 g/mol. The van der Waals surface area contributed by atoms with Gasteiger partial charge in [-0.3, -0.25) is 4.79 Å². The van der Waals surface area contributed by atoms with E-state index in [1.54, 1.807) is 6.07 Å². The van der Waals surface area contributed by atoms with Crippen LogP contribution in [0, 0.1) is 11.8 Å². The minimum atomic E-state index is 0.248. The van der Waals surface area contributed by atoms with E-state index in [-0.39, 0.29) is 5.92 Å². The third kappa shape index (κ3) is 4.23. The van der Waals surface area contributed by atoms with Crippen molar-refractivity contribution < 1.29 is 4.79 Å². The van der Waals surface area contributed by atoms with Crippen molar-refractivity contribution >= 4 is 29.0 Å². The quantitative estimate of drug-likeness (QED) is 0.680. The summed E-state index contributed by atoms with van der Waals surface area (Å²) in [5.41, 5.74) is 0.972. The van der Waals surface area contributed by atoms with Crippen LogP contribution in [0.15, 0.2) is 18.2 Å². The van der Waals surface area contributed by atoms with E-state index >= 15 is 0 Å². The highest BCUT2D eigenvalue weighted by Gasteiger charge is 2.25. The van der Waals surface area contributed by atoms with Crippen molar-refractivity contribution in [3.8, 4) is 0 Å². The summed E-state index contributed by atoms with van der Waals surface area (Å²) in [5, 5.41) is 1.08. The van der Waals surface area contributed by atoms with Crippen LogP contribution in [-0.4, -0.2) is 5.78 Å². The fourth-order valence-electron chi connectivity index (χ4n) is 3.18. The predicted molar refractivity (Wildman–Crippen MR) is 85.5 cm³/mol. The Bertz CT molecular complexity index is 462. The molecule has 0 N–H and O–H groups in total. The molecule has 0 aromatic heterocycles.